The molecular formula is C34H38ClNO5. The molecule has 6 rings (SSSR count). The Hall–Kier alpha value is -3.06. The number of hydrogen-bond donors (Lipinski definition) is 1. The van der Waals surface area contributed by atoms with Crippen molar-refractivity contribution in [3.8, 4) is 11.5 Å². The number of carbonyl (C=O) groups is 1. The Balaban J connectivity index is 1.39. The fourth-order valence-corrected chi connectivity index (χ4v) is 6.97. The molecule has 7 heteroatoms. The van der Waals surface area contributed by atoms with Crippen molar-refractivity contribution < 1.29 is 24.1 Å². The van der Waals surface area contributed by atoms with Gasteiger partial charge in [0.2, 0.25) is 5.91 Å². The van der Waals surface area contributed by atoms with Crippen LogP contribution in [0.5, 0.6) is 11.5 Å². The molecule has 216 valence electrons. The molecule has 1 amide bonds. The van der Waals surface area contributed by atoms with Crippen LogP contribution in [-0.4, -0.2) is 36.4 Å². The van der Waals surface area contributed by atoms with Crippen LogP contribution < -0.4 is 14.4 Å². The zero-order valence-corrected chi connectivity index (χ0v) is 24.9. The van der Waals surface area contributed by atoms with Gasteiger partial charge >= 0.3 is 0 Å². The quantitative estimate of drug-likeness (QED) is 0.329. The summed E-state index contributed by atoms with van der Waals surface area (Å²) < 4.78 is 17.8. The van der Waals surface area contributed by atoms with E-state index in [9.17, 15) is 9.90 Å². The van der Waals surface area contributed by atoms with Gasteiger partial charge in [0.15, 0.2) is 11.5 Å². The average Bonchev–Trinajstić information content (AvgIpc) is 3.29. The monoisotopic (exact) mass is 575 g/mol. The lowest BCUT2D eigenvalue weighted by atomic mass is 9.76. The molecule has 2 saturated heterocycles. The molecule has 3 aliphatic rings. The molecule has 3 aromatic rings. The van der Waals surface area contributed by atoms with Crippen LogP contribution in [0.2, 0.25) is 5.02 Å². The van der Waals surface area contributed by atoms with E-state index in [-0.39, 0.29) is 42.6 Å². The standard InChI is InChI=1S/C34H38ClNO5/c1-20(2)40-31-19-29-22(15-30(31)39-4)16-32(37)36(33(29)21-5-9-25(35)10-6-21)26-11-7-23(8-12-26)34(3,38)24-17-27-13-14-28(18-24)41-27/h5-12,15,19-20,24,27-28,33,38H,13-14,16-18H2,1-4H3/t24?,27?,28?,33?,34-/m1/s1. The Kier molecular flexibility index (Phi) is 7.52. The van der Waals surface area contributed by atoms with Gasteiger partial charge in [-0.2, -0.15) is 0 Å². The van der Waals surface area contributed by atoms with Crippen LogP contribution in [0.3, 0.4) is 0 Å². The Morgan fingerprint density at radius 3 is 2.27 bits per heavy atom. The van der Waals surface area contributed by atoms with Crippen LogP contribution in [0.15, 0.2) is 60.7 Å². The lowest BCUT2D eigenvalue weighted by Crippen LogP contribution is -2.41. The molecule has 0 saturated carbocycles. The minimum absolute atomic E-state index is 0.0162. The molecule has 2 fully saturated rings. The lowest BCUT2D eigenvalue weighted by Gasteiger charge is -2.40. The number of methoxy groups -OCH3 is 1. The normalized spacial score (nSPS) is 25.1. The third-order valence-corrected chi connectivity index (χ3v) is 9.20. The van der Waals surface area contributed by atoms with Crippen molar-refractivity contribution in [2.45, 2.75) is 82.8 Å². The molecule has 0 radical (unpaired) electrons. The predicted molar refractivity (Wildman–Crippen MR) is 160 cm³/mol. The van der Waals surface area contributed by atoms with E-state index < -0.39 is 5.60 Å². The van der Waals surface area contributed by atoms with Crippen molar-refractivity contribution in [2.24, 2.45) is 5.92 Å². The van der Waals surface area contributed by atoms with Crippen molar-refractivity contribution in [1.29, 1.82) is 0 Å². The summed E-state index contributed by atoms with van der Waals surface area (Å²) in [4.78, 5) is 15.7. The number of hydrogen-bond acceptors (Lipinski definition) is 5. The average molecular weight is 576 g/mol. The second-order valence-electron chi connectivity index (χ2n) is 12.1. The zero-order valence-electron chi connectivity index (χ0n) is 24.1. The molecule has 4 atom stereocenters. The Labute approximate surface area is 247 Å². The number of halogens is 1. The molecule has 1 N–H and O–H groups in total. The van der Waals surface area contributed by atoms with Gasteiger partial charge in [-0.1, -0.05) is 35.9 Å². The highest BCUT2D eigenvalue weighted by Crippen LogP contribution is 2.46. The summed E-state index contributed by atoms with van der Waals surface area (Å²) >= 11 is 6.25. The van der Waals surface area contributed by atoms with Gasteiger partial charge in [-0.3, -0.25) is 4.79 Å². The van der Waals surface area contributed by atoms with Crippen molar-refractivity contribution in [3.63, 3.8) is 0 Å². The summed E-state index contributed by atoms with van der Waals surface area (Å²) in [6, 6.07) is 19.0. The molecule has 41 heavy (non-hydrogen) atoms. The maximum absolute atomic E-state index is 13.8. The van der Waals surface area contributed by atoms with Crippen LogP contribution in [0.4, 0.5) is 5.69 Å². The SMILES string of the molecule is COc1cc2c(cc1OC(C)C)C(c1ccc(Cl)cc1)N(c1ccc([C@@](C)(O)C3CC4CCC(C3)O4)cc1)C(=O)C2. The van der Waals surface area contributed by atoms with E-state index >= 15 is 0 Å². The van der Waals surface area contributed by atoms with Gasteiger partial charge in [0.25, 0.3) is 0 Å². The largest absolute Gasteiger partial charge is 0.493 e. The Morgan fingerprint density at radius 2 is 1.66 bits per heavy atom. The van der Waals surface area contributed by atoms with E-state index in [0.29, 0.717) is 16.5 Å². The highest BCUT2D eigenvalue weighted by Gasteiger charge is 2.44. The van der Waals surface area contributed by atoms with Crippen LogP contribution in [0, 0.1) is 5.92 Å². The minimum Gasteiger partial charge on any atom is -0.493 e. The number of fused-ring (bicyclic) bond motifs is 3. The van der Waals surface area contributed by atoms with E-state index in [0.717, 1.165) is 53.6 Å². The highest BCUT2D eigenvalue weighted by molar-refractivity contribution is 6.30. The molecule has 3 unspecified atom stereocenters. The maximum Gasteiger partial charge on any atom is 0.232 e. The third kappa shape index (κ3) is 5.33. The van der Waals surface area contributed by atoms with Gasteiger partial charge in [0.05, 0.1) is 43.5 Å². The number of nitrogens with zero attached hydrogens (tertiary/aromatic N) is 1. The van der Waals surface area contributed by atoms with E-state index in [1.54, 1.807) is 7.11 Å². The number of benzene rings is 3. The van der Waals surface area contributed by atoms with Crippen molar-refractivity contribution in [1.82, 2.24) is 0 Å². The van der Waals surface area contributed by atoms with E-state index in [4.69, 9.17) is 25.8 Å². The maximum atomic E-state index is 13.8. The van der Waals surface area contributed by atoms with Crippen LogP contribution in [0.1, 0.15) is 74.8 Å². The van der Waals surface area contributed by atoms with Crippen molar-refractivity contribution in [2.75, 3.05) is 12.0 Å². The fourth-order valence-electron chi connectivity index (χ4n) is 6.84. The van der Waals surface area contributed by atoms with Crippen LogP contribution in [0.25, 0.3) is 0 Å². The zero-order chi connectivity index (χ0) is 28.9. The number of amides is 1. The highest BCUT2D eigenvalue weighted by atomic mass is 35.5. The Morgan fingerprint density at radius 1 is 1.00 bits per heavy atom. The summed E-state index contributed by atoms with van der Waals surface area (Å²) in [5.41, 5.74) is 3.49. The molecule has 3 aromatic carbocycles. The van der Waals surface area contributed by atoms with Crippen LogP contribution >= 0.6 is 11.6 Å². The molecule has 3 aliphatic heterocycles. The second-order valence-corrected chi connectivity index (χ2v) is 12.5. The molecule has 0 aromatic heterocycles. The topological polar surface area (TPSA) is 68.2 Å². The summed E-state index contributed by atoms with van der Waals surface area (Å²) in [5, 5.41) is 12.3. The number of rotatable bonds is 7. The van der Waals surface area contributed by atoms with Crippen molar-refractivity contribution in [3.05, 3.63) is 87.9 Å². The van der Waals surface area contributed by atoms with E-state index in [2.05, 4.69) is 0 Å². The summed E-state index contributed by atoms with van der Waals surface area (Å²) in [7, 11) is 1.62. The van der Waals surface area contributed by atoms with Crippen molar-refractivity contribution >= 4 is 23.2 Å². The summed E-state index contributed by atoms with van der Waals surface area (Å²) in [6.45, 7) is 5.87. The fraction of sp³-hybridized carbons (Fsp3) is 0.441. The molecule has 0 spiro atoms. The third-order valence-electron chi connectivity index (χ3n) is 8.95. The molecular weight excluding hydrogens is 538 g/mol. The van der Waals surface area contributed by atoms with Gasteiger partial charge < -0.3 is 24.2 Å². The van der Waals surface area contributed by atoms with Gasteiger partial charge in [0, 0.05) is 10.7 Å². The molecule has 2 bridgehead atoms. The first-order valence-corrected chi connectivity index (χ1v) is 14.9. The number of aliphatic hydroxyl groups is 1. The molecule has 6 nitrogen and oxygen atoms in total. The summed E-state index contributed by atoms with van der Waals surface area (Å²) in [6.07, 6.45) is 4.60. The number of ether oxygens (including phenoxy) is 3. The van der Waals surface area contributed by atoms with E-state index in [1.807, 2.05) is 86.3 Å². The lowest BCUT2D eigenvalue weighted by molar-refractivity contribution is -0.118. The van der Waals surface area contributed by atoms with Gasteiger partial charge in [-0.05, 0) is 111 Å². The first kappa shape index (κ1) is 28.1. The molecule has 3 heterocycles. The Bertz CT molecular complexity index is 1410. The van der Waals surface area contributed by atoms with Crippen LogP contribution in [-0.2, 0) is 21.6 Å². The first-order chi connectivity index (χ1) is 19.6. The summed E-state index contributed by atoms with van der Waals surface area (Å²) in [5.74, 6) is 1.38. The first-order valence-electron chi connectivity index (χ1n) is 14.6. The van der Waals surface area contributed by atoms with E-state index in [1.165, 1.54) is 0 Å². The van der Waals surface area contributed by atoms with Gasteiger partial charge in [-0.25, -0.2) is 0 Å². The smallest absolute Gasteiger partial charge is 0.232 e. The molecule has 0 aliphatic carbocycles. The predicted octanol–water partition coefficient (Wildman–Crippen LogP) is 6.98. The number of carbonyl (C=O) groups excluding carboxylic acids is 1. The second kappa shape index (κ2) is 11.0. The van der Waals surface area contributed by atoms with Gasteiger partial charge in [0.1, 0.15) is 0 Å². The minimum atomic E-state index is -0.975. The van der Waals surface area contributed by atoms with Gasteiger partial charge in [-0.15, -0.1) is 0 Å². The number of anilines is 1.